The summed E-state index contributed by atoms with van der Waals surface area (Å²) in [6.07, 6.45) is 16.8. The Bertz CT molecular complexity index is 840. The second-order valence-corrected chi connectivity index (χ2v) is 17.9. The lowest BCUT2D eigenvalue weighted by atomic mass is 9.50. The molecular weight excluding hydrogens is 420 g/mol. The second-order valence-electron chi connectivity index (χ2n) is 13.1. The number of allylic oxidation sites excluding steroid dienone is 3. The molecule has 0 bridgehead atoms. The van der Waals surface area contributed by atoms with Crippen molar-refractivity contribution in [1.29, 1.82) is 0 Å². The average Bonchev–Trinajstić information content (AvgIpc) is 3.11. The van der Waals surface area contributed by atoms with Crippen LogP contribution in [0.4, 0.5) is 0 Å². The molecule has 0 aromatic heterocycles. The summed E-state index contributed by atoms with van der Waals surface area (Å²) in [6, 6.07) is 0. The van der Waals surface area contributed by atoms with Gasteiger partial charge in [-0.3, -0.25) is 0 Å². The minimum absolute atomic E-state index is 0.328. The van der Waals surface area contributed by atoms with Crippen LogP contribution in [0.25, 0.3) is 0 Å². The summed E-state index contributed by atoms with van der Waals surface area (Å²) >= 11 is 0. The highest BCUT2D eigenvalue weighted by Crippen LogP contribution is 2.66. The highest BCUT2D eigenvalue weighted by molar-refractivity contribution is 6.83. The van der Waals surface area contributed by atoms with E-state index < -0.39 is 8.07 Å². The Kier molecular flexibility index (Phi) is 7.41. The summed E-state index contributed by atoms with van der Waals surface area (Å²) in [5.74, 6) is 6.71. The number of hydrogen-bond donors (Lipinski definition) is 0. The quantitative estimate of drug-likeness (QED) is 0.225. The lowest BCUT2D eigenvalue weighted by Crippen LogP contribution is -2.46. The van der Waals surface area contributed by atoms with Crippen molar-refractivity contribution in [2.75, 3.05) is 13.9 Å². The van der Waals surface area contributed by atoms with Crippen LogP contribution in [0.15, 0.2) is 23.3 Å². The van der Waals surface area contributed by atoms with Gasteiger partial charge in [-0.25, -0.2) is 0 Å². The summed E-state index contributed by atoms with van der Waals surface area (Å²) in [5, 5.41) is 0. The maximum atomic E-state index is 5.96. The monoisotopic (exact) mass is 468 g/mol. The Morgan fingerprint density at radius 1 is 1.06 bits per heavy atom. The highest BCUT2D eigenvalue weighted by atomic mass is 28.3. The molecule has 33 heavy (non-hydrogen) atoms. The molecule has 3 fully saturated rings. The van der Waals surface area contributed by atoms with E-state index in [4.69, 9.17) is 9.47 Å². The molecule has 0 N–H and O–H groups in total. The average molecular weight is 469 g/mol. The molecule has 4 rings (SSSR count). The summed E-state index contributed by atoms with van der Waals surface area (Å²) in [6.45, 7) is 15.2. The topological polar surface area (TPSA) is 18.5 Å². The normalized spacial score (nSPS) is 38.8. The van der Waals surface area contributed by atoms with Gasteiger partial charge in [-0.2, -0.15) is 0 Å². The predicted molar refractivity (Wildman–Crippen MR) is 141 cm³/mol. The molecule has 184 valence electrons. The third-order valence-corrected chi connectivity index (χ3v) is 10.8. The molecule has 0 aliphatic heterocycles. The molecule has 7 atom stereocenters. The van der Waals surface area contributed by atoms with Gasteiger partial charge in [0, 0.05) is 13.5 Å². The van der Waals surface area contributed by atoms with Gasteiger partial charge >= 0.3 is 0 Å². The van der Waals surface area contributed by atoms with Crippen LogP contribution >= 0.6 is 0 Å². The molecule has 0 spiro atoms. The van der Waals surface area contributed by atoms with Crippen LogP contribution < -0.4 is 0 Å². The first-order chi connectivity index (χ1) is 15.6. The molecule has 3 heteroatoms. The van der Waals surface area contributed by atoms with Crippen molar-refractivity contribution in [3.63, 3.8) is 0 Å². The number of methoxy groups -OCH3 is 1. The van der Waals surface area contributed by atoms with E-state index in [-0.39, 0.29) is 0 Å². The fraction of sp³-hybridized carbons (Fsp3) is 0.800. The smallest absolute Gasteiger partial charge is 0.146 e. The highest BCUT2D eigenvalue weighted by Gasteiger charge is 2.56. The molecule has 0 aromatic carbocycles. The Morgan fingerprint density at radius 3 is 2.58 bits per heavy atom. The standard InChI is InChI=1S/C30H48O2Si/c1-22(10-8-9-19-33(5,6)7)26-13-14-27-25-12-11-23-20-24(32-21-31-4)15-17-29(23,2)28(25)16-18-30(26,27)3/h11-12,22,24,26-28H,8,10,13-18,20-21H2,1-7H3. The Balaban J connectivity index is 1.47. The minimum Gasteiger partial charge on any atom is -0.359 e. The van der Waals surface area contributed by atoms with E-state index in [1.54, 1.807) is 18.3 Å². The van der Waals surface area contributed by atoms with Crippen LogP contribution in [0.5, 0.6) is 0 Å². The molecule has 4 aliphatic carbocycles. The Morgan fingerprint density at radius 2 is 1.85 bits per heavy atom. The molecular formula is C30H48O2Si. The van der Waals surface area contributed by atoms with Gasteiger partial charge in [0.25, 0.3) is 0 Å². The molecule has 2 nitrogen and oxygen atoms in total. The fourth-order valence-electron chi connectivity index (χ4n) is 8.08. The van der Waals surface area contributed by atoms with Crippen LogP contribution in [0.2, 0.25) is 19.6 Å². The van der Waals surface area contributed by atoms with E-state index in [1.807, 2.05) is 0 Å². The molecule has 0 heterocycles. The lowest BCUT2D eigenvalue weighted by Gasteiger charge is -2.55. The van der Waals surface area contributed by atoms with Crippen LogP contribution in [0.3, 0.4) is 0 Å². The Labute approximate surface area is 205 Å². The van der Waals surface area contributed by atoms with Gasteiger partial charge in [-0.15, -0.1) is 11.5 Å². The molecule has 7 unspecified atom stereocenters. The van der Waals surface area contributed by atoms with Crippen molar-refractivity contribution in [2.24, 2.45) is 34.5 Å². The number of fused-ring (bicyclic) bond motifs is 5. The molecule has 4 aliphatic rings. The number of ether oxygens (including phenoxy) is 2. The van der Waals surface area contributed by atoms with Crippen LogP contribution in [-0.2, 0) is 9.47 Å². The van der Waals surface area contributed by atoms with Gasteiger partial charge < -0.3 is 9.47 Å². The van der Waals surface area contributed by atoms with Gasteiger partial charge in [-0.1, -0.05) is 63.7 Å². The Hall–Kier alpha value is -0.823. The van der Waals surface area contributed by atoms with Crippen LogP contribution in [-0.4, -0.2) is 28.1 Å². The molecule has 0 aromatic rings. The molecule has 0 amide bonds. The van der Waals surface area contributed by atoms with Crippen molar-refractivity contribution in [1.82, 2.24) is 0 Å². The minimum atomic E-state index is -1.24. The largest absolute Gasteiger partial charge is 0.359 e. The first kappa shape index (κ1) is 25.3. The SMILES string of the molecule is COCOC1CCC2(C)C(=CC=C3C2CCC2(C)C3CCC2C(C)CCC#C[Si](C)(C)C)C1. The van der Waals surface area contributed by atoms with Gasteiger partial charge in [-0.05, 0) is 85.9 Å². The van der Waals surface area contributed by atoms with Crippen molar-refractivity contribution < 1.29 is 9.47 Å². The summed E-state index contributed by atoms with van der Waals surface area (Å²) in [5.41, 5.74) is 7.84. The number of hydrogen-bond acceptors (Lipinski definition) is 2. The van der Waals surface area contributed by atoms with Crippen LogP contribution in [0, 0.1) is 46.0 Å². The third kappa shape index (κ3) is 4.96. The van der Waals surface area contributed by atoms with Crippen molar-refractivity contribution in [3.8, 4) is 11.5 Å². The van der Waals surface area contributed by atoms with Crippen molar-refractivity contribution in [3.05, 3.63) is 23.3 Å². The first-order valence-electron chi connectivity index (χ1n) is 13.6. The van der Waals surface area contributed by atoms with Gasteiger partial charge in [0.2, 0.25) is 0 Å². The van der Waals surface area contributed by atoms with Crippen molar-refractivity contribution in [2.45, 2.75) is 104 Å². The third-order valence-electron chi connectivity index (χ3n) is 9.90. The van der Waals surface area contributed by atoms with Gasteiger partial charge in [0.15, 0.2) is 0 Å². The lowest BCUT2D eigenvalue weighted by molar-refractivity contribution is -0.0865. The van der Waals surface area contributed by atoms with E-state index in [0.717, 1.165) is 36.5 Å². The van der Waals surface area contributed by atoms with Crippen LogP contribution in [0.1, 0.15) is 78.6 Å². The first-order valence-corrected chi connectivity index (χ1v) is 17.1. The predicted octanol–water partition coefficient (Wildman–Crippen LogP) is 7.77. The molecule has 3 saturated carbocycles. The van der Waals surface area contributed by atoms with Crippen molar-refractivity contribution >= 4 is 8.07 Å². The zero-order valence-corrected chi connectivity index (χ0v) is 23.4. The maximum Gasteiger partial charge on any atom is 0.146 e. The van der Waals surface area contributed by atoms with E-state index >= 15 is 0 Å². The molecule has 0 radical (unpaired) electrons. The van der Waals surface area contributed by atoms with E-state index in [1.165, 1.54) is 44.9 Å². The zero-order chi connectivity index (χ0) is 23.9. The van der Waals surface area contributed by atoms with Gasteiger partial charge in [0.1, 0.15) is 14.9 Å². The van der Waals surface area contributed by atoms with Gasteiger partial charge in [0.05, 0.1) is 6.10 Å². The van der Waals surface area contributed by atoms with E-state index in [2.05, 4.69) is 64.0 Å². The maximum absolute atomic E-state index is 5.96. The number of rotatable bonds is 6. The second kappa shape index (κ2) is 9.67. The summed E-state index contributed by atoms with van der Waals surface area (Å²) in [7, 11) is 0.476. The summed E-state index contributed by atoms with van der Waals surface area (Å²) in [4.78, 5) is 0. The molecule has 0 saturated heterocycles. The fourth-order valence-corrected chi connectivity index (χ4v) is 8.73. The summed E-state index contributed by atoms with van der Waals surface area (Å²) < 4.78 is 11.1. The zero-order valence-electron chi connectivity index (χ0n) is 22.4. The van der Waals surface area contributed by atoms with E-state index in [0.29, 0.717) is 23.7 Å². The van der Waals surface area contributed by atoms with E-state index in [9.17, 15) is 0 Å².